The van der Waals surface area contributed by atoms with Crippen molar-refractivity contribution in [1.29, 1.82) is 0 Å². The standard InChI is InChI=1S/C8H8ClN3/c9-7-5-10-6-12(7)8-3-1-2-4-11-8/h1-5,10H,6H2. The number of nitrogens with zero attached hydrogens (tertiary/aromatic N) is 2. The van der Waals surface area contributed by atoms with Crippen molar-refractivity contribution < 1.29 is 0 Å². The Balaban J connectivity index is 2.27. The van der Waals surface area contributed by atoms with Gasteiger partial charge in [0.2, 0.25) is 0 Å². The van der Waals surface area contributed by atoms with Crippen LogP contribution in [0.25, 0.3) is 0 Å². The molecule has 1 aromatic heterocycles. The summed E-state index contributed by atoms with van der Waals surface area (Å²) < 4.78 is 0. The number of hydrogen-bond donors (Lipinski definition) is 1. The summed E-state index contributed by atoms with van der Waals surface area (Å²) in [6.45, 7) is 0.690. The topological polar surface area (TPSA) is 28.2 Å². The summed E-state index contributed by atoms with van der Waals surface area (Å²) in [5.41, 5.74) is 0. The molecule has 0 amide bonds. The molecule has 0 saturated heterocycles. The fourth-order valence-corrected chi connectivity index (χ4v) is 1.30. The SMILES string of the molecule is ClC1=CNCN1c1ccccn1. The molecule has 62 valence electrons. The van der Waals surface area contributed by atoms with E-state index in [1.54, 1.807) is 12.4 Å². The summed E-state index contributed by atoms with van der Waals surface area (Å²) in [5.74, 6) is 0.865. The van der Waals surface area contributed by atoms with Crippen LogP contribution in [0.4, 0.5) is 5.82 Å². The molecule has 12 heavy (non-hydrogen) atoms. The van der Waals surface area contributed by atoms with E-state index in [1.807, 2.05) is 23.1 Å². The lowest BCUT2D eigenvalue weighted by molar-refractivity contribution is 0.883. The predicted octanol–water partition coefficient (Wildman–Crippen LogP) is 1.49. The second kappa shape index (κ2) is 3.03. The van der Waals surface area contributed by atoms with Crippen LogP contribution in [0.3, 0.4) is 0 Å². The molecule has 1 aromatic rings. The van der Waals surface area contributed by atoms with E-state index in [2.05, 4.69) is 10.3 Å². The largest absolute Gasteiger partial charge is 0.371 e. The quantitative estimate of drug-likeness (QED) is 0.666. The van der Waals surface area contributed by atoms with Crippen LogP contribution in [-0.4, -0.2) is 11.7 Å². The van der Waals surface area contributed by atoms with Crippen molar-refractivity contribution in [2.24, 2.45) is 0 Å². The summed E-state index contributed by atoms with van der Waals surface area (Å²) in [6, 6.07) is 5.73. The molecule has 0 unspecified atom stereocenters. The molecule has 4 heteroatoms. The van der Waals surface area contributed by atoms with Gasteiger partial charge in [0.1, 0.15) is 11.0 Å². The third-order valence-corrected chi connectivity index (χ3v) is 1.97. The van der Waals surface area contributed by atoms with Crippen LogP contribution < -0.4 is 10.2 Å². The second-order valence-corrected chi connectivity index (χ2v) is 2.83. The maximum atomic E-state index is 5.90. The number of pyridine rings is 1. The Kier molecular flexibility index (Phi) is 1.87. The van der Waals surface area contributed by atoms with E-state index in [4.69, 9.17) is 11.6 Å². The van der Waals surface area contributed by atoms with Gasteiger partial charge < -0.3 is 5.32 Å². The van der Waals surface area contributed by atoms with E-state index in [0.717, 1.165) is 5.82 Å². The first-order valence-corrected chi connectivity index (χ1v) is 4.03. The van der Waals surface area contributed by atoms with Crippen LogP contribution in [0, 0.1) is 0 Å². The lowest BCUT2D eigenvalue weighted by Gasteiger charge is -2.15. The van der Waals surface area contributed by atoms with Crippen molar-refractivity contribution >= 4 is 17.4 Å². The van der Waals surface area contributed by atoms with Crippen molar-refractivity contribution in [3.8, 4) is 0 Å². The minimum atomic E-state index is 0.675. The lowest BCUT2D eigenvalue weighted by atomic mass is 10.4. The van der Waals surface area contributed by atoms with Crippen LogP contribution in [0.15, 0.2) is 35.8 Å². The third-order valence-electron chi connectivity index (χ3n) is 1.65. The fourth-order valence-electron chi connectivity index (χ4n) is 1.08. The van der Waals surface area contributed by atoms with Gasteiger partial charge in [-0.25, -0.2) is 4.98 Å². The monoisotopic (exact) mass is 181 g/mol. The highest BCUT2D eigenvalue weighted by Crippen LogP contribution is 2.19. The third kappa shape index (κ3) is 1.23. The maximum absolute atomic E-state index is 5.90. The Labute approximate surface area is 75.7 Å². The van der Waals surface area contributed by atoms with Gasteiger partial charge in [0.05, 0.1) is 6.67 Å². The molecule has 3 nitrogen and oxygen atoms in total. The maximum Gasteiger partial charge on any atom is 0.135 e. The molecular formula is C8H8ClN3. The average Bonchev–Trinajstić information content (AvgIpc) is 2.53. The highest BCUT2D eigenvalue weighted by atomic mass is 35.5. The Bertz CT molecular complexity index is 296. The summed E-state index contributed by atoms with van der Waals surface area (Å²) >= 11 is 5.90. The first-order chi connectivity index (χ1) is 5.88. The van der Waals surface area contributed by atoms with E-state index in [1.165, 1.54) is 0 Å². The molecule has 2 rings (SSSR count). The number of hydrogen-bond acceptors (Lipinski definition) is 3. The van der Waals surface area contributed by atoms with Gasteiger partial charge in [0.25, 0.3) is 0 Å². The van der Waals surface area contributed by atoms with Gasteiger partial charge in [-0.3, -0.25) is 4.90 Å². The van der Waals surface area contributed by atoms with E-state index in [-0.39, 0.29) is 0 Å². The van der Waals surface area contributed by atoms with Crippen molar-refractivity contribution in [3.63, 3.8) is 0 Å². The number of aromatic nitrogens is 1. The fraction of sp³-hybridized carbons (Fsp3) is 0.125. The molecule has 0 aromatic carbocycles. The van der Waals surface area contributed by atoms with Gasteiger partial charge in [-0.1, -0.05) is 17.7 Å². The minimum absolute atomic E-state index is 0.675. The summed E-state index contributed by atoms with van der Waals surface area (Å²) in [6.07, 6.45) is 3.51. The Morgan fingerprint density at radius 3 is 3.00 bits per heavy atom. The zero-order valence-electron chi connectivity index (χ0n) is 6.37. The number of rotatable bonds is 1. The molecule has 0 fully saturated rings. The van der Waals surface area contributed by atoms with Gasteiger partial charge in [0.15, 0.2) is 0 Å². The van der Waals surface area contributed by atoms with Crippen molar-refractivity contribution in [2.45, 2.75) is 0 Å². The summed E-state index contributed by atoms with van der Waals surface area (Å²) in [4.78, 5) is 6.06. The molecule has 0 bridgehead atoms. The zero-order chi connectivity index (χ0) is 8.39. The predicted molar refractivity (Wildman–Crippen MR) is 48.7 cm³/mol. The number of anilines is 1. The minimum Gasteiger partial charge on any atom is -0.371 e. The molecule has 0 aliphatic carbocycles. The highest BCUT2D eigenvalue weighted by molar-refractivity contribution is 6.31. The van der Waals surface area contributed by atoms with Gasteiger partial charge in [-0.2, -0.15) is 0 Å². The van der Waals surface area contributed by atoms with E-state index < -0.39 is 0 Å². The second-order valence-electron chi connectivity index (χ2n) is 2.45. The Morgan fingerprint density at radius 1 is 1.50 bits per heavy atom. The zero-order valence-corrected chi connectivity index (χ0v) is 7.12. The van der Waals surface area contributed by atoms with Crippen LogP contribution in [0.1, 0.15) is 0 Å². The summed E-state index contributed by atoms with van der Waals surface area (Å²) in [5, 5.41) is 3.69. The van der Waals surface area contributed by atoms with Gasteiger partial charge in [-0.05, 0) is 12.1 Å². The number of nitrogens with one attached hydrogen (secondary N) is 1. The van der Waals surface area contributed by atoms with E-state index in [9.17, 15) is 0 Å². The number of halogens is 1. The van der Waals surface area contributed by atoms with E-state index >= 15 is 0 Å². The Morgan fingerprint density at radius 2 is 2.42 bits per heavy atom. The molecule has 1 aliphatic heterocycles. The van der Waals surface area contributed by atoms with Crippen LogP contribution in [0.5, 0.6) is 0 Å². The average molecular weight is 182 g/mol. The Hall–Kier alpha value is -1.22. The molecular weight excluding hydrogens is 174 g/mol. The van der Waals surface area contributed by atoms with Gasteiger partial charge >= 0.3 is 0 Å². The smallest absolute Gasteiger partial charge is 0.135 e. The van der Waals surface area contributed by atoms with Crippen molar-refractivity contribution in [1.82, 2.24) is 10.3 Å². The van der Waals surface area contributed by atoms with Crippen molar-refractivity contribution in [3.05, 3.63) is 35.8 Å². The van der Waals surface area contributed by atoms with Crippen molar-refractivity contribution in [2.75, 3.05) is 11.6 Å². The molecule has 0 spiro atoms. The van der Waals surface area contributed by atoms with Crippen LogP contribution in [0.2, 0.25) is 0 Å². The molecule has 0 atom stereocenters. The molecule has 2 heterocycles. The molecule has 0 saturated carbocycles. The highest BCUT2D eigenvalue weighted by Gasteiger charge is 2.14. The molecule has 1 N–H and O–H groups in total. The molecule has 0 radical (unpaired) electrons. The summed E-state index contributed by atoms with van der Waals surface area (Å²) in [7, 11) is 0. The van der Waals surface area contributed by atoms with Crippen LogP contribution in [-0.2, 0) is 0 Å². The van der Waals surface area contributed by atoms with Crippen LogP contribution >= 0.6 is 11.6 Å². The first-order valence-electron chi connectivity index (χ1n) is 3.65. The first kappa shape index (κ1) is 7.43. The normalized spacial score (nSPS) is 15.8. The molecule has 1 aliphatic rings. The van der Waals surface area contributed by atoms with E-state index in [0.29, 0.717) is 11.8 Å². The van der Waals surface area contributed by atoms with Gasteiger partial charge in [-0.15, -0.1) is 0 Å². The van der Waals surface area contributed by atoms with Gasteiger partial charge in [0, 0.05) is 12.4 Å². The lowest BCUT2D eigenvalue weighted by Crippen LogP contribution is -2.22.